The summed E-state index contributed by atoms with van der Waals surface area (Å²) in [5, 5.41) is 14.8. The fraction of sp³-hybridized carbons (Fsp3) is 0.244. The fourth-order valence-corrected chi connectivity index (χ4v) is 7.05. The van der Waals surface area contributed by atoms with Gasteiger partial charge >= 0.3 is 0 Å². The summed E-state index contributed by atoms with van der Waals surface area (Å²) in [6.07, 6.45) is 5.54. The Balaban J connectivity index is 0.994. The molecule has 15 heteroatoms. The van der Waals surface area contributed by atoms with E-state index in [1.54, 1.807) is 44.2 Å². The van der Waals surface area contributed by atoms with Crippen molar-refractivity contribution in [1.82, 2.24) is 36.1 Å². The van der Waals surface area contributed by atoms with Gasteiger partial charge in [-0.1, -0.05) is 49.1 Å². The van der Waals surface area contributed by atoms with E-state index in [-0.39, 0.29) is 48.3 Å². The molecule has 5 N–H and O–H groups in total. The van der Waals surface area contributed by atoms with Crippen LogP contribution in [0.3, 0.4) is 0 Å². The Labute approximate surface area is 347 Å². The minimum atomic E-state index is -1.12. The van der Waals surface area contributed by atoms with Gasteiger partial charge in [-0.3, -0.25) is 48.8 Å². The van der Waals surface area contributed by atoms with Crippen molar-refractivity contribution in [3.8, 4) is 11.1 Å². The lowest BCUT2D eigenvalue weighted by Gasteiger charge is -2.27. The van der Waals surface area contributed by atoms with Gasteiger partial charge in [-0.05, 0) is 79.8 Å². The number of imide groups is 2. The van der Waals surface area contributed by atoms with Crippen LogP contribution in [-0.2, 0) is 24.0 Å². The van der Waals surface area contributed by atoms with Gasteiger partial charge < -0.3 is 26.2 Å². The zero-order chi connectivity index (χ0) is 42.9. The lowest BCUT2D eigenvalue weighted by molar-refractivity contribution is -0.149. The second-order valence-corrected chi connectivity index (χ2v) is 14.3. The van der Waals surface area contributed by atoms with Crippen molar-refractivity contribution in [2.75, 3.05) is 39.0 Å². The molecule has 2 aliphatic heterocycles. The molecule has 1 unspecified atom stereocenters. The third-order valence-corrected chi connectivity index (χ3v) is 10.3. The summed E-state index contributed by atoms with van der Waals surface area (Å²) in [5.74, 6) is -3.34. The molecule has 2 saturated heterocycles. The van der Waals surface area contributed by atoms with Gasteiger partial charge in [-0.2, -0.15) is 0 Å². The number of likely N-dealkylation sites (N-methyl/N-ethyl adjacent to an activating group) is 1. The fourth-order valence-electron chi connectivity index (χ4n) is 7.05. The van der Waals surface area contributed by atoms with E-state index in [9.17, 15) is 33.6 Å². The van der Waals surface area contributed by atoms with Crippen LogP contribution in [0.4, 0.5) is 11.4 Å². The van der Waals surface area contributed by atoms with Crippen LogP contribution in [0.25, 0.3) is 22.0 Å². The largest absolute Gasteiger partial charge is 0.368 e. The monoisotopic (exact) mass is 810 g/mol. The number of para-hydroxylation sites is 1. The lowest BCUT2D eigenvalue weighted by atomic mass is 9.99. The van der Waals surface area contributed by atoms with Gasteiger partial charge in [0, 0.05) is 62.1 Å². The predicted octanol–water partition coefficient (Wildman–Crippen LogP) is 4.12. The van der Waals surface area contributed by atoms with E-state index >= 15 is 0 Å². The molecule has 1 aromatic heterocycles. The number of carbonyl (C=O) groups excluding carboxylic acids is 7. The summed E-state index contributed by atoms with van der Waals surface area (Å²) in [6, 6.07) is 21.5. The van der Waals surface area contributed by atoms with Gasteiger partial charge in [0.25, 0.3) is 23.6 Å². The first-order valence-corrected chi connectivity index (χ1v) is 19.5. The maximum Gasteiger partial charge on any atom is 0.264 e. The third kappa shape index (κ3) is 9.31. The van der Waals surface area contributed by atoms with Gasteiger partial charge in [0.05, 0.1) is 34.5 Å². The Kier molecular flexibility index (Phi) is 13.3. The zero-order valence-electron chi connectivity index (χ0n) is 33.6. The molecule has 3 heterocycles. The quantitative estimate of drug-likeness (QED) is 0.0662. The van der Waals surface area contributed by atoms with Crippen LogP contribution in [0.15, 0.2) is 115 Å². The normalized spacial score (nSPS) is 16.7. The molecule has 308 valence electrons. The van der Waals surface area contributed by atoms with Crippen molar-refractivity contribution in [2.45, 2.75) is 38.6 Å². The predicted molar refractivity (Wildman–Crippen MR) is 227 cm³/mol. The molecule has 2 aliphatic rings. The lowest BCUT2D eigenvalue weighted by Crippen LogP contribution is -2.54. The van der Waals surface area contributed by atoms with Crippen LogP contribution < -0.4 is 26.6 Å². The first-order chi connectivity index (χ1) is 28.9. The minimum Gasteiger partial charge on any atom is -0.368 e. The van der Waals surface area contributed by atoms with Crippen molar-refractivity contribution >= 4 is 63.6 Å². The van der Waals surface area contributed by atoms with Crippen molar-refractivity contribution in [3.63, 3.8) is 0 Å². The molecule has 0 radical (unpaired) electrons. The molecular weight excluding hydrogens is 765 g/mol. The Morgan fingerprint density at radius 1 is 0.917 bits per heavy atom. The summed E-state index contributed by atoms with van der Waals surface area (Å²) >= 11 is 0. The Bertz CT molecular complexity index is 2440. The number of piperidine rings is 1. The molecule has 0 bridgehead atoms. The first kappa shape index (κ1) is 42.2. The van der Waals surface area contributed by atoms with Gasteiger partial charge in [0.15, 0.2) is 0 Å². The first-order valence-electron chi connectivity index (χ1n) is 19.5. The smallest absolute Gasteiger partial charge is 0.264 e. The standard InChI is InChI=1S/C45H46N8O7/c1-5-11-32-39(45(60)53(44(32)59)36-20-21-37(54)51-43(36)58)27(2)52(4)26-38(55)47-22-9-10-23-48-41(56)29-16-14-28(15-17-29)30-18-19-35-33(24-30)40(34(25-49-35)42(57)46-3)50-31-12-7-6-8-13-31/h5-8,11-19,24-25,36H,1,9-10,20-23,26H2,2-4H3,(H,46,57)(H,47,55)(H,48,56)(H,49,50)(H,51,54,58)/b32-11+,39-27-. The maximum atomic E-state index is 13.5. The van der Waals surface area contributed by atoms with Crippen LogP contribution in [0, 0.1) is 0 Å². The van der Waals surface area contributed by atoms with E-state index in [2.05, 4.69) is 38.1 Å². The second kappa shape index (κ2) is 18.9. The number of fused-ring (bicyclic) bond motifs is 1. The second-order valence-electron chi connectivity index (χ2n) is 14.3. The number of likely N-dealkylation sites (tertiary alicyclic amines) is 1. The number of aromatic nitrogens is 1. The molecule has 1 atom stereocenters. The molecule has 2 fully saturated rings. The van der Waals surface area contributed by atoms with Crippen molar-refractivity contribution in [1.29, 1.82) is 0 Å². The highest BCUT2D eigenvalue weighted by molar-refractivity contribution is 6.26. The van der Waals surface area contributed by atoms with Crippen molar-refractivity contribution in [2.24, 2.45) is 0 Å². The highest BCUT2D eigenvalue weighted by Crippen LogP contribution is 2.34. The van der Waals surface area contributed by atoms with E-state index < -0.39 is 29.7 Å². The van der Waals surface area contributed by atoms with Crippen LogP contribution in [0.2, 0.25) is 0 Å². The van der Waals surface area contributed by atoms with Crippen molar-refractivity contribution in [3.05, 3.63) is 126 Å². The molecule has 7 amide bonds. The topological polar surface area (TPSA) is 199 Å². The highest BCUT2D eigenvalue weighted by Gasteiger charge is 2.47. The van der Waals surface area contributed by atoms with Crippen LogP contribution >= 0.6 is 0 Å². The number of unbranched alkanes of at least 4 members (excludes halogenated alkanes) is 1. The average molecular weight is 811 g/mol. The third-order valence-electron chi connectivity index (χ3n) is 10.3. The van der Waals surface area contributed by atoms with Crippen LogP contribution in [-0.4, -0.2) is 95.9 Å². The summed E-state index contributed by atoms with van der Waals surface area (Å²) in [4.78, 5) is 96.5. The number of amides is 7. The highest BCUT2D eigenvalue weighted by atomic mass is 16.2. The van der Waals surface area contributed by atoms with Crippen LogP contribution in [0.5, 0.6) is 0 Å². The Hall–Kier alpha value is -7.42. The van der Waals surface area contributed by atoms with E-state index in [4.69, 9.17) is 0 Å². The van der Waals surface area contributed by atoms with Crippen molar-refractivity contribution < 1.29 is 33.6 Å². The summed E-state index contributed by atoms with van der Waals surface area (Å²) in [6.45, 7) is 5.88. The molecule has 60 heavy (non-hydrogen) atoms. The number of hydrogen-bond acceptors (Lipinski definition) is 10. The van der Waals surface area contributed by atoms with E-state index in [1.807, 2.05) is 60.7 Å². The molecule has 0 saturated carbocycles. The van der Waals surface area contributed by atoms with E-state index in [1.165, 1.54) is 12.2 Å². The number of benzene rings is 3. The van der Waals surface area contributed by atoms with Gasteiger partial charge in [-0.25, -0.2) is 0 Å². The SMILES string of the molecule is C=C/C=C1/C(=O)N(C2CCC(=O)NC2=O)C(=O)/C1=C(/C)N(C)CC(=O)NCCCCNC(=O)c1ccc(-c2ccc3ncc(C(=O)NC)c(Nc4ccccc4)c3c2)cc1. The van der Waals surface area contributed by atoms with Gasteiger partial charge in [0.1, 0.15) is 6.04 Å². The van der Waals surface area contributed by atoms with Crippen LogP contribution in [0.1, 0.15) is 53.3 Å². The molecule has 3 aromatic carbocycles. The zero-order valence-corrected chi connectivity index (χ0v) is 33.6. The number of allylic oxidation sites excluding steroid dienone is 3. The number of nitrogens with one attached hydrogen (secondary N) is 5. The number of nitrogens with zero attached hydrogens (tertiary/aromatic N) is 3. The Morgan fingerprint density at radius 3 is 2.30 bits per heavy atom. The average Bonchev–Trinajstić information content (AvgIpc) is 3.49. The Morgan fingerprint density at radius 2 is 1.62 bits per heavy atom. The van der Waals surface area contributed by atoms with Gasteiger partial charge in [0.2, 0.25) is 17.7 Å². The molecular formula is C45H46N8O7. The summed E-state index contributed by atoms with van der Waals surface area (Å²) in [7, 11) is 3.19. The molecule has 15 nitrogen and oxygen atoms in total. The number of anilines is 2. The van der Waals surface area contributed by atoms with E-state index in [0.29, 0.717) is 54.0 Å². The summed E-state index contributed by atoms with van der Waals surface area (Å²) in [5.41, 5.74) is 5.30. The number of rotatable bonds is 15. The molecule has 6 rings (SSSR count). The molecule has 0 aliphatic carbocycles. The molecule has 0 spiro atoms. The van der Waals surface area contributed by atoms with E-state index in [0.717, 1.165) is 27.1 Å². The number of hydrogen-bond donors (Lipinski definition) is 5. The summed E-state index contributed by atoms with van der Waals surface area (Å²) < 4.78 is 0. The van der Waals surface area contributed by atoms with Gasteiger partial charge in [-0.15, -0.1) is 0 Å². The number of pyridine rings is 1. The minimum absolute atomic E-state index is 0.000845. The maximum absolute atomic E-state index is 13.5. The molecule has 4 aromatic rings. The number of carbonyl (C=O) groups is 7.